The van der Waals surface area contributed by atoms with Crippen LogP contribution < -0.4 is 0 Å². The smallest absolute Gasteiger partial charge is 0.324 e. The van der Waals surface area contributed by atoms with Crippen molar-refractivity contribution in [1.82, 2.24) is 0 Å². The Bertz CT molecular complexity index is 242. The van der Waals surface area contributed by atoms with Crippen molar-refractivity contribution in [2.24, 2.45) is 5.92 Å². The molecule has 0 aliphatic carbocycles. The van der Waals surface area contributed by atoms with Gasteiger partial charge < -0.3 is 14.6 Å². The summed E-state index contributed by atoms with van der Waals surface area (Å²) in [5.74, 6) is -0.543. The van der Waals surface area contributed by atoms with Gasteiger partial charge in [-0.3, -0.25) is 4.57 Å². The van der Waals surface area contributed by atoms with Crippen LogP contribution >= 0.6 is 7.60 Å². The first-order chi connectivity index (χ1) is 6.89. The van der Waals surface area contributed by atoms with E-state index < -0.39 is 18.7 Å². The monoisotopic (exact) mass is 236 g/mol. The van der Waals surface area contributed by atoms with Crippen LogP contribution in [0.2, 0.25) is 0 Å². The Morgan fingerprint density at radius 1 is 1.27 bits per heavy atom. The van der Waals surface area contributed by atoms with Gasteiger partial charge in [0.25, 0.3) is 0 Å². The molecule has 0 saturated heterocycles. The van der Waals surface area contributed by atoms with E-state index in [1.54, 1.807) is 13.8 Å². The SMILES string of the molecule is CCCC(C=O)C(CC)(CC)P(=O)(O)O. The van der Waals surface area contributed by atoms with Crippen molar-refractivity contribution < 1.29 is 19.1 Å². The molecule has 0 fully saturated rings. The molecule has 0 saturated carbocycles. The first-order valence-corrected chi connectivity index (χ1v) is 7.01. The highest BCUT2D eigenvalue weighted by Crippen LogP contribution is 2.58. The summed E-state index contributed by atoms with van der Waals surface area (Å²) in [7, 11) is -4.24. The molecular weight excluding hydrogens is 215 g/mol. The van der Waals surface area contributed by atoms with Gasteiger partial charge in [-0.25, -0.2) is 0 Å². The zero-order valence-corrected chi connectivity index (χ0v) is 10.5. The average molecular weight is 236 g/mol. The average Bonchev–Trinajstić information content (AvgIpc) is 2.16. The molecule has 2 N–H and O–H groups in total. The molecule has 1 unspecified atom stereocenters. The molecule has 0 aliphatic rings. The van der Waals surface area contributed by atoms with Crippen LogP contribution in [-0.4, -0.2) is 21.2 Å². The van der Waals surface area contributed by atoms with E-state index >= 15 is 0 Å². The Labute approximate surface area is 91.2 Å². The number of hydrogen-bond donors (Lipinski definition) is 2. The summed E-state index contributed by atoms with van der Waals surface area (Å²) in [5.41, 5.74) is 0. The van der Waals surface area contributed by atoms with Gasteiger partial charge in [-0.05, 0) is 19.3 Å². The number of carbonyl (C=O) groups is 1. The Morgan fingerprint density at radius 2 is 1.73 bits per heavy atom. The van der Waals surface area contributed by atoms with Crippen LogP contribution in [0.5, 0.6) is 0 Å². The predicted octanol–water partition coefficient (Wildman–Crippen LogP) is 2.34. The van der Waals surface area contributed by atoms with E-state index in [4.69, 9.17) is 0 Å². The Morgan fingerprint density at radius 3 is 1.93 bits per heavy atom. The highest BCUT2D eigenvalue weighted by molar-refractivity contribution is 7.53. The molecule has 0 spiro atoms. The number of rotatable bonds is 7. The van der Waals surface area contributed by atoms with E-state index in [2.05, 4.69) is 0 Å². The van der Waals surface area contributed by atoms with Gasteiger partial charge in [0, 0.05) is 5.92 Å². The molecule has 0 radical (unpaired) electrons. The van der Waals surface area contributed by atoms with E-state index in [-0.39, 0.29) is 0 Å². The maximum Gasteiger partial charge on any atom is 0.332 e. The Balaban J connectivity index is 5.23. The lowest BCUT2D eigenvalue weighted by atomic mass is 9.84. The molecule has 0 amide bonds. The Kier molecular flexibility index (Phi) is 5.71. The molecule has 0 rings (SSSR count). The van der Waals surface area contributed by atoms with Gasteiger partial charge in [-0.2, -0.15) is 0 Å². The minimum atomic E-state index is -4.24. The number of hydrogen-bond acceptors (Lipinski definition) is 2. The molecule has 90 valence electrons. The van der Waals surface area contributed by atoms with Crippen LogP contribution in [0.25, 0.3) is 0 Å². The van der Waals surface area contributed by atoms with Gasteiger partial charge in [0.05, 0.1) is 5.16 Å². The van der Waals surface area contributed by atoms with E-state index in [1.165, 1.54) is 0 Å². The van der Waals surface area contributed by atoms with Crippen molar-refractivity contribution in [3.05, 3.63) is 0 Å². The molecule has 5 heteroatoms. The second kappa shape index (κ2) is 5.78. The van der Waals surface area contributed by atoms with Crippen molar-refractivity contribution in [3.8, 4) is 0 Å². The van der Waals surface area contributed by atoms with Crippen molar-refractivity contribution >= 4 is 13.9 Å². The fourth-order valence-corrected chi connectivity index (χ4v) is 3.62. The van der Waals surface area contributed by atoms with E-state index in [1.807, 2.05) is 6.92 Å². The largest absolute Gasteiger partial charge is 0.332 e. The maximum absolute atomic E-state index is 11.5. The van der Waals surface area contributed by atoms with Crippen LogP contribution in [0.4, 0.5) is 0 Å². The van der Waals surface area contributed by atoms with E-state index in [0.717, 1.165) is 6.42 Å². The summed E-state index contributed by atoms with van der Waals surface area (Å²) in [4.78, 5) is 29.8. The third kappa shape index (κ3) is 2.90. The molecule has 0 aliphatic heterocycles. The van der Waals surface area contributed by atoms with Crippen LogP contribution in [0.15, 0.2) is 0 Å². The molecule has 0 aromatic rings. The molecule has 15 heavy (non-hydrogen) atoms. The highest BCUT2D eigenvalue weighted by atomic mass is 31.2. The second-order valence-electron chi connectivity index (χ2n) is 3.89. The summed E-state index contributed by atoms with van der Waals surface area (Å²) in [6.07, 6.45) is 2.66. The van der Waals surface area contributed by atoms with Crippen LogP contribution in [0.1, 0.15) is 46.5 Å². The first-order valence-electron chi connectivity index (χ1n) is 5.40. The van der Waals surface area contributed by atoms with Gasteiger partial charge in [0.1, 0.15) is 6.29 Å². The normalized spacial score (nSPS) is 15.0. The molecule has 0 heterocycles. The van der Waals surface area contributed by atoms with Gasteiger partial charge in [-0.15, -0.1) is 0 Å². The van der Waals surface area contributed by atoms with Gasteiger partial charge >= 0.3 is 7.60 Å². The van der Waals surface area contributed by atoms with Gasteiger partial charge in [0.15, 0.2) is 0 Å². The van der Waals surface area contributed by atoms with Crippen LogP contribution in [-0.2, 0) is 9.36 Å². The number of carbonyl (C=O) groups excluding carboxylic acids is 1. The molecule has 0 bridgehead atoms. The third-order valence-electron chi connectivity index (χ3n) is 3.26. The summed E-state index contributed by atoms with van der Waals surface area (Å²) >= 11 is 0. The molecule has 4 nitrogen and oxygen atoms in total. The van der Waals surface area contributed by atoms with E-state index in [9.17, 15) is 19.1 Å². The predicted molar refractivity (Wildman–Crippen MR) is 59.8 cm³/mol. The zero-order valence-electron chi connectivity index (χ0n) is 9.64. The fraction of sp³-hybridized carbons (Fsp3) is 0.900. The lowest BCUT2D eigenvalue weighted by Crippen LogP contribution is -2.37. The van der Waals surface area contributed by atoms with Crippen molar-refractivity contribution in [2.75, 3.05) is 0 Å². The molecular formula is C10H21O4P. The van der Waals surface area contributed by atoms with Gasteiger partial charge in [0.2, 0.25) is 0 Å². The summed E-state index contributed by atoms with van der Waals surface area (Å²) in [5, 5.41) is -1.16. The molecule has 0 aromatic heterocycles. The van der Waals surface area contributed by atoms with Gasteiger partial charge in [-0.1, -0.05) is 27.2 Å². The second-order valence-corrected chi connectivity index (χ2v) is 5.86. The fourth-order valence-electron chi connectivity index (χ4n) is 2.18. The highest BCUT2D eigenvalue weighted by Gasteiger charge is 2.49. The number of aldehydes is 1. The maximum atomic E-state index is 11.5. The van der Waals surface area contributed by atoms with Crippen LogP contribution in [0.3, 0.4) is 0 Å². The lowest BCUT2D eigenvalue weighted by molar-refractivity contribution is -0.112. The van der Waals surface area contributed by atoms with E-state index in [0.29, 0.717) is 25.5 Å². The first kappa shape index (κ1) is 14.8. The molecule has 0 aromatic carbocycles. The van der Waals surface area contributed by atoms with Crippen molar-refractivity contribution in [1.29, 1.82) is 0 Å². The standard InChI is InChI=1S/C10H21O4P/c1-4-7-9(8-11)10(5-2,6-3)15(12,13)14/h8-9H,4-7H2,1-3H3,(H2,12,13,14). The molecule has 1 atom stereocenters. The minimum Gasteiger partial charge on any atom is -0.324 e. The lowest BCUT2D eigenvalue weighted by Gasteiger charge is -2.37. The summed E-state index contributed by atoms with van der Waals surface area (Å²) in [6, 6.07) is 0. The minimum absolute atomic E-state index is 0.331. The Hall–Kier alpha value is -0.180. The van der Waals surface area contributed by atoms with Crippen molar-refractivity contribution in [3.63, 3.8) is 0 Å². The summed E-state index contributed by atoms with van der Waals surface area (Å²) < 4.78 is 11.5. The zero-order chi connectivity index (χ0) is 12.1. The van der Waals surface area contributed by atoms with Crippen LogP contribution in [0, 0.1) is 5.92 Å². The topological polar surface area (TPSA) is 74.6 Å². The quantitative estimate of drug-likeness (QED) is 0.525. The summed E-state index contributed by atoms with van der Waals surface area (Å²) in [6.45, 7) is 5.37. The third-order valence-corrected chi connectivity index (χ3v) is 5.38. The van der Waals surface area contributed by atoms with Crippen molar-refractivity contribution in [2.45, 2.75) is 51.6 Å².